The van der Waals surface area contributed by atoms with Gasteiger partial charge in [-0.2, -0.15) is 0 Å². The van der Waals surface area contributed by atoms with Gasteiger partial charge in [0.2, 0.25) is 0 Å². The number of rotatable bonds is 10. The lowest BCUT2D eigenvalue weighted by Gasteiger charge is -2.20. The minimum absolute atomic E-state index is 0.00237. The van der Waals surface area contributed by atoms with Crippen LogP contribution in [0.25, 0.3) is 0 Å². The number of carbonyl (C=O) groups is 2. The van der Waals surface area contributed by atoms with Gasteiger partial charge in [0.15, 0.2) is 0 Å². The number of carboxylic acids is 1. The molecule has 0 aliphatic carbocycles. The number of carboxylic acid groups (broad SMARTS) is 1. The van der Waals surface area contributed by atoms with E-state index in [4.69, 9.17) is 11.6 Å². The Morgan fingerprint density at radius 2 is 1.77 bits per heavy atom. The number of anilines is 3. The molecule has 31 heavy (non-hydrogen) atoms. The largest absolute Gasteiger partial charge is 0.480 e. The van der Waals surface area contributed by atoms with Gasteiger partial charge in [-0.25, -0.2) is 4.79 Å². The van der Waals surface area contributed by atoms with Gasteiger partial charge in [-0.15, -0.1) is 11.3 Å². The first-order chi connectivity index (χ1) is 14.8. The molecular weight excluding hydrogens is 442 g/mol. The van der Waals surface area contributed by atoms with E-state index in [1.54, 1.807) is 35.7 Å². The first-order valence-corrected chi connectivity index (χ1v) is 10.8. The van der Waals surface area contributed by atoms with Crippen LogP contribution < -0.4 is 26.8 Å². The van der Waals surface area contributed by atoms with Crippen molar-refractivity contribution in [3.8, 4) is 0 Å². The zero-order valence-electron chi connectivity index (χ0n) is 16.5. The summed E-state index contributed by atoms with van der Waals surface area (Å²) in [4.78, 5) is 47.9. The highest BCUT2D eigenvalue weighted by Gasteiger charge is 2.26. The second-order valence-electron chi connectivity index (χ2n) is 6.82. The maximum Gasteiger partial charge on any atom is 0.326 e. The van der Waals surface area contributed by atoms with Gasteiger partial charge in [-0.05, 0) is 35.6 Å². The lowest BCUT2D eigenvalue weighted by atomic mass is 10.0. The zero-order valence-corrected chi connectivity index (χ0v) is 18.1. The third-order valence-electron chi connectivity index (χ3n) is 4.55. The number of halogens is 1. The fourth-order valence-electron chi connectivity index (χ4n) is 2.93. The van der Waals surface area contributed by atoms with Gasteiger partial charge < -0.3 is 21.1 Å². The van der Waals surface area contributed by atoms with Gasteiger partial charge in [0, 0.05) is 18.7 Å². The summed E-state index contributed by atoms with van der Waals surface area (Å²) in [6, 6.07) is 7.21. The Hall–Kier alpha value is -3.17. The van der Waals surface area contributed by atoms with Crippen LogP contribution in [0.4, 0.5) is 17.1 Å². The Balaban J connectivity index is 1.67. The van der Waals surface area contributed by atoms with Crippen molar-refractivity contribution in [1.29, 1.82) is 0 Å². The van der Waals surface area contributed by atoms with Crippen molar-refractivity contribution in [2.75, 3.05) is 22.5 Å². The van der Waals surface area contributed by atoms with E-state index in [0.717, 1.165) is 6.42 Å². The predicted octanol–water partition coefficient (Wildman–Crippen LogP) is 3.18. The minimum atomic E-state index is -1.15. The van der Waals surface area contributed by atoms with Crippen molar-refractivity contribution in [2.45, 2.75) is 25.8 Å². The first kappa shape index (κ1) is 22.5. The molecule has 1 heterocycles. The normalized spacial score (nSPS) is 11.8. The zero-order chi connectivity index (χ0) is 22.5. The molecule has 4 N–H and O–H groups in total. The highest BCUT2D eigenvalue weighted by Crippen LogP contribution is 2.23. The van der Waals surface area contributed by atoms with Crippen molar-refractivity contribution in [3.05, 3.63) is 71.6 Å². The lowest BCUT2D eigenvalue weighted by Crippen LogP contribution is -2.42. The molecule has 0 bridgehead atoms. The highest BCUT2D eigenvalue weighted by atomic mass is 35.5. The Morgan fingerprint density at radius 3 is 2.35 bits per heavy atom. The molecule has 0 saturated carbocycles. The summed E-state index contributed by atoms with van der Waals surface area (Å²) < 4.78 is 0. The summed E-state index contributed by atoms with van der Waals surface area (Å²) in [6.07, 6.45) is 0.828. The first-order valence-electron chi connectivity index (χ1n) is 9.51. The number of carbonyl (C=O) groups excluding carboxylic acids is 1. The summed E-state index contributed by atoms with van der Waals surface area (Å²) in [5.41, 5.74) is -0.0347. The molecule has 1 amide bonds. The molecule has 0 saturated heterocycles. The van der Waals surface area contributed by atoms with E-state index < -0.39 is 22.9 Å². The van der Waals surface area contributed by atoms with Crippen molar-refractivity contribution >= 4 is 51.9 Å². The Bertz CT molecular complexity index is 1160. The molecule has 8 nitrogen and oxygen atoms in total. The lowest BCUT2D eigenvalue weighted by molar-refractivity contribution is -0.137. The van der Waals surface area contributed by atoms with Crippen molar-refractivity contribution in [3.63, 3.8) is 0 Å². The van der Waals surface area contributed by atoms with Crippen LogP contribution in [-0.2, 0) is 11.2 Å². The summed E-state index contributed by atoms with van der Waals surface area (Å²) in [5.74, 6) is -1.48. The van der Waals surface area contributed by atoms with E-state index in [2.05, 4.69) is 16.0 Å². The van der Waals surface area contributed by atoms with Gasteiger partial charge in [0.25, 0.3) is 16.8 Å². The van der Waals surface area contributed by atoms with Crippen LogP contribution in [0.5, 0.6) is 0 Å². The maximum atomic E-state index is 12.2. The number of aliphatic carboxylic acids is 1. The number of nitrogens with one attached hydrogen (secondary N) is 3. The molecule has 3 aromatic rings. The fraction of sp³-hybridized carbons (Fsp3) is 0.238. The Morgan fingerprint density at radius 1 is 1.10 bits per heavy atom. The van der Waals surface area contributed by atoms with Crippen molar-refractivity contribution in [2.24, 2.45) is 0 Å². The van der Waals surface area contributed by atoms with Gasteiger partial charge in [0.05, 0.1) is 5.02 Å². The molecule has 0 radical (unpaired) electrons. The van der Waals surface area contributed by atoms with E-state index in [1.807, 2.05) is 6.92 Å². The highest BCUT2D eigenvalue weighted by molar-refractivity contribution is 7.12. The average Bonchev–Trinajstić information content (AvgIpc) is 3.19. The summed E-state index contributed by atoms with van der Waals surface area (Å²) in [5, 5.41) is 19.9. The number of hydrogen-bond donors (Lipinski definition) is 4. The van der Waals surface area contributed by atoms with Crippen LogP contribution in [0.3, 0.4) is 0 Å². The van der Waals surface area contributed by atoms with E-state index in [9.17, 15) is 24.3 Å². The van der Waals surface area contributed by atoms with Crippen LogP contribution >= 0.6 is 22.9 Å². The van der Waals surface area contributed by atoms with Crippen LogP contribution in [0.1, 0.15) is 28.6 Å². The van der Waals surface area contributed by atoms with Crippen molar-refractivity contribution in [1.82, 2.24) is 0 Å². The number of hydrogen-bond acceptors (Lipinski definition) is 7. The third kappa shape index (κ3) is 5.12. The quantitative estimate of drug-likeness (QED) is 0.342. The molecule has 3 rings (SSSR count). The van der Waals surface area contributed by atoms with E-state index in [0.29, 0.717) is 27.7 Å². The topological polar surface area (TPSA) is 125 Å². The predicted molar refractivity (Wildman–Crippen MR) is 123 cm³/mol. The smallest absolute Gasteiger partial charge is 0.326 e. The minimum Gasteiger partial charge on any atom is -0.480 e. The SMILES string of the molecule is CCCNc1c(N[C@@H](Cc2ccc(NC(=O)c3sccc3Cl)cc2)C(=O)O)c(=O)c1=O. The van der Waals surface area contributed by atoms with Gasteiger partial charge >= 0.3 is 5.97 Å². The average molecular weight is 462 g/mol. The molecule has 1 aromatic heterocycles. The Labute approximate surface area is 186 Å². The van der Waals surface area contributed by atoms with E-state index in [-0.39, 0.29) is 23.7 Å². The summed E-state index contributed by atoms with van der Waals surface area (Å²) in [6.45, 7) is 2.41. The molecule has 10 heteroatoms. The second kappa shape index (κ2) is 9.76. The van der Waals surface area contributed by atoms with Crippen LogP contribution in [0.15, 0.2) is 45.3 Å². The molecule has 0 aliphatic heterocycles. The van der Waals surface area contributed by atoms with Crippen molar-refractivity contribution < 1.29 is 14.7 Å². The summed E-state index contributed by atoms with van der Waals surface area (Å²) in [7, 11) is 0. The molecule has 0 spiro atoms. The monoisotopic (exact) mass is 461 g/mol. The van der Waals surface area contributed by atoms with Crippen LogP contribution in [0.2, 0.25) is 5.02 Å². The van der Waals surface area contributed by atoms with Crippen LogP contribution in [0, 0.1) is 0 Å². The van der Waals surface area contributed by atoms with E-state index in [1.165, 1.54) is 11.3 Å². The summed E-state index contributed by atoms with van der Waals surface area (Å²) >= 11 is 7.19. The van der Waals surface area contributed by atoms with Gasteiger partial charge in [-0.1, -0.05) is 30.7 Å². The van der Waals surface area contributed by atoms with E-state index >= 15 is 0 Å². The van der Waals surface area contributed by atoms with Gasteiger partial charge in [0.1, 0.15) is 22.3 Å². The van der Waals surface area contributed by atoms with Crippen LogP contribution in [-0.4, -0.2) is 29.6 Å². The molecule has 0 aliphatic rings. The number of amides is 1. The molecule has 0 unspecified atom stereocenters. The second-order valence-corrected chi connectivity index (χ2v) is 8.15. The molecule has 0 fully saturated rings. The fourth-order valence-corrected chi connectivity index (χ4v) is 3.96. The molecule has 162 valence electrons. The molecule has 1 atom stereocenters. The number of benzene rings is 1. The Kier molecular flexibility index (Phi) is 7.09. The van der Waals surface area contributed by atoms with Gasteiger partial charge in [-0.3, -0.25) is 14.4 Å². The maximum absolute atomic E-state index is 12.2. The standard InChI is InChI=1S/C21H20ClN3O5S/c1-2-8-23-15-16(18(27)17(15)26)25-14(21(29)30)10-11-3-5-12(6-4-11)24-20(28)19-13(22)7-9-31-19/h3-7,9,14,23,25H,2,8,10H2,1H3,(H,24,28)(H,29,30)/t14-/m0/s1. The molecular formula is C21H20ClN3O5S. The molecule has 2 aromatic carbocycles. The number of thiophene rings is 1. The third-order valence-corrected chi connectivity index (χ3v) is 5.89.